The number of carbonyl (C=O) groups is 1. The van der Waals surface area contributed by atoms with E-state index in [0.717, 1.165) is 38.2 Å². The van der Waals surface area contributed by atoms with Gasteiger partial charge in [0.1, 0.15) is 5.82 Å². The Labute approximate surface area is 117 Å². The summed E-state index contributed by atoms with van der Waals surface area (Å²) in [5.74, 6) is 0.208. The van der Waals surface area contributed by atoms with E-state index >= 15 is 0 Å². The van der Waals surface area contributed by atoms with Gasteiger partial charge >= 0.3 is 0 Å². The van der Waals surface area contributed by atoms with Crippen LogP contribution in [0.25, 0.3) is 0 Å². The van der Waals surface area contributed by atoms with E-state index in [1.54, 1.807) is 12.1 Å². The Hall–Kier alpha value is -1.94. The summed E-state index contributed by atoms with van der Waals surface area (Å²) in [7, 11) is 1.00. The minimum atomic E-state index is -0.187. The fourth-order valence-corrected chi connectivity index (χ4v) is 2.81. The van der Waals surface area contributed by atoms with Crippen LogP contribution in [-0.4, -0.2) is 23.5 Å². The van der Waals surface area contributed by atoms with Crippen molar-refractivity contribution in [2.24, 2.45) is 0 Å². The molecule has 1 aromatic heterocycles. The smallest absolute Gasteiger partial charge is 0.166 e. The molecule has 4 heteroatoms. The molecule has 1 heterocycles. The maximum atomic E-state index is 13.1. The Balaban J connectivity index is 0.000000704. The number of aliphatic hydroxyl groups excluding tert-OH is 1. The first-order valence-electron chi connectivity index (χ1n) is 6.62. The van der Waals surface area contributed by atoms with Crippen LogP contribution in [0.3, 0.4) is 0 Å². The normalized spacial score (nSPS) is 16.2. The van der Waals surface area contributed by atoms with Crippen molar-refractivity contribution in [3.8, 4) is 0 Å². The minimum absolute atomic E-state index is 0.187. The summed E-state index contributed by atoms with van der Waals surface area (Å²) in [6, 6.07) is 8.68. The van der Waals surface area contributed by atoms with Gasteiger partial charge in [-0.05, 0) is 54.5 Å². The average Bonchev–Trinajstić information content (AvgIpc) is 3.03. The molecule has 20 heavy (non-hydrogen) atoms. The van der Waals surface area contributed by atoms with E-state index in [9.17, 15) is 9.18 Å². The van der Waals surface area contributed by atoms with Crippen molar-refractivity contribution in [3.63, 3.8) is 0 Å². The van der Waals surface area contributed by atoms with E-state index in [-0.39, 0.29) is 5.82 Å². The Kier molecular flexibility index (Phi) is 4.69. The molecule has 0 fully saturated rings. The number of halogens is 1. The Morgan fingerprint density at radius 3 is 2.90 bits per heavy atom. The second-order valence-electron chi connectivity index (χ2n) is 4.85. The molecule has 1 aliphatic rings. The number of nitrogens with one attached hydrogen (secondary N) is 1. The summed E-state index contributed by atoms with van der Waals surface area (Å²) in [6.45, 7) is 0. The molecule has 106 valence electrons. The second kappa shape index (κ2) is 6.48. The molecular weight excluding hydrogens is 257 g/mol. The van der Waals surface area contributed by atoms with Crippen LogP contribution in [0.15, 0.2) is 30.3 Å². The molecule has 0 bridgehead atoms. The summed E-state index contributed by atoms with van der Waals surface area (Å²) in [4.78, 5) is 13.9. The molecule has 1 aromatic carbocycles. The van der Waals surface area contributed by atoms with E-state index in [0.29, 0.717) is 11.6 Å². The van der Waals surface area contributed by atoms with Crippen molar-refractivity contribution in [3.05, 3.63) is 58.7 Å². The van der Waals surface area contributed by atoms with Crippen LogP contribution < -0.4 is 0 Å². The molecule has 0 radical (unpaired) electrons. The molecule has 0 saturated heterocycles. The van der Waals surface area contributed by atoms with Crippen molar-refractivity contribution in [1.29, 1.82) is 0 Å². The van der Waals surface area contributed by atoms with Crippen LogP contribution in [-0.2, 0) is 12.8 Å². The molecule has 1 atom stereocenters. The van der Waals surface area contributed by atoms with Crippen LogP contribution >= 0.6 is 0 Å². The van der Waals surface area contributed by atoms with Gasteiger partial charge in [-0.25, -0.2) is 4.39 Å². The largest absolute Gasteiger partial charge is 0.400 e. The van der Waals surface area contributed by atoms with Gasteiger partial charge in [-0.15, -0.1) is 0 Å². The summed E-state index contributed by atoms with van der Waals surface area (Å²) in [6.07, 6.45) is 3.72. The van der Waals surface area contributed by atoms with Gasteiger partial charge in [-0.1, -0.05) is 12.1 Å². The zero-order chi connectivity index (χ0) is 14.5. The number of rotatable bonds is 3. The fraction of sp³-hybridized carbons (Fsp3) is 0.312. The number of hydrogen-bond acceptors (Lipinski definition) is 2. The number of aryl methyl sites for hydroxylation is 1. The second-order valence-corrected chi connectivity index (χ2v) is 4.85. The van der Waals surface area contributed by atoms with Crippen LogP contribution in [0.2, 0.25) is 0 Å². The van der Waals surface area contributed by atoms with E-state index < -0.39 is 0 Å². The number of aromatic amines is 1. The SMILES string of the molecule is CO.O=Cc1cc2c([nH]1)CCC2Cc1cccc(F)c1. The Bertz CT molecular complexity index is 592. The maximum absolute atomic E-state index is 13.1. The molecule has 0 spiro atoms. The van der Waals surface area contributed by atoms with E-state index in [1.807, 2.05) is 12.1 Å². The number of aldehydes is 1. The molecule has 3 nitrogen and oxygen atoms in total. The minimum Gasteiger partial charge on any atom is -0.400 e. The number of benzene rings is 1. The summed E-state index contributed by atoms with van der Waals surface area (Å²) in [5.41, 5.74) is 4.05. The third-order valence-electron chi connectivity index (χ3n) is 3.64. The van der Waals surface area contributed by atoms with E-state index in [1.165, 1.54) is 17.3 Å². The zero-order valence-corrected chi connectivity index (χ0v) is 11.4. The molecule has 2 aromatic rings. The molecule has 0 saturated carbocycles. The topological polar surface area (TPSA) is 53.1 Å². The highest BCUT2D eigenvalue weighted by molar-refractivity contribution is 5.73. The van der Waals surface area contributed by atoms with Gasteiger partial charge in [0.25, 0.3) is 0 Å². The van der Waals surface area contributed by atoms with E-state index in [2.05, 4.69) is 4.98 Å². The molecular formula is C16H18FNO2. The van der Waals surface area contributed by atoms with Crippen molar-refractivity contribution in [1.82, 2.24) is 4.98 Å². The van der Waals surface area contributed by atoms with Crippen molar-refractivity contribution < 1.29 is 14.3 Å². The summed E-state index contributed by atoms with van der Waals surface area (Å²) in [5, 5.41) is 7.00. The Morgan fingerprint density at radius 2 is 2.20 bits per heavy atom. The number of carbonyl (C=O) groups excluding carboxylic acids is 1. The van der Waals surface area contributed by atoms with Crippen molar-refractivity contribution in [2.45, 2.75) is 25.2 Å². The maximum Gasteiger partial charge on any atom is 0.166 e. The molecule has 3 rings (SSSR count). The van der Waals surface area contributed by atoms with Gasteiger partial charge < -0.3 is 10.1 Å². The number of aromatic nitrogens is 1. The number of fused-ring (bicyclic) bond motifs is 1. The third kappa shape index (κ3) is 2.96. The monoisotopic (exact) mass is 275 g/mol. The zero-order valence-electron chi connectivity index (χ0n) is 11.4. The first-order chi connectivity index (χ1) is 9.76. The van der Waals surface area contributed by atoms with Crippen LogP contribution in [0.5, 0.6) is 0 Å². The lowest BCUT2D eigenvalue weighted by Gasteiger charge is -2.09. The molecule has 1 unspecified atom stereocenters. The number of H-pyrrole nitrogens is 1. The highest BCUT2D eigenvalue weighted by atomic mass is 19.1. The number of aliphatic hydroxyl groups is 1. The van der Waals surface area contributed by atoms with Gasteiger partial charge in [0.05, 0.1) is 5.69 Å². The first kappa shape index (κ1) is 14.5. The average molecular weight is 275 g/mol. The highest BCUT2D eigenvalue weighted by Gasteiger charge is 2.25. The lowest BCUT2D eigenvalue weighted by Crippen LogP contribution is -1.98. The lowest BCUT2D eigenvalue weighted by molar-refractivity contribution is 0.111. The quantitative estimate of drug-likeness (QED) is 0.846. The van der Waals surface area contributed by atoms with Crippen LogP contribution in [0.4, 0.5) is 4.39 Å². The molecule has 1 aliphatic carbocycles. The third-order valence-corrected chi connectivity index (χ3v) is 3.64. The van der Waals surface area contributed by atoms with Crippen molar-refractivity contribution in [2.75, 3.05) is 7.11 Å². The van der Waals surface area contributed by atoms with Gasteiger partial charge in [0.2, 0.25) is 0 Å². The van der Waals surface area contributed by atoms with Crippen LogP contribution in [0.1, 0.15) is 39.6 Å². The van der Waals surface area contributed by atoms with Gasteiger partial charge in [-0.2, -0.15) is 0 Å². The first-order valence-corrected chi connectivity index (χ1v) is 6.62. The summed E-state index contributed by atoms with van der Waals surface area (Å²) >= 11 is 0. The molecule has 0 aliphatic heterocycles. The van der Waals surface area contributed by atoms with E-state index in [4.69, 9.17) is 5.11 Å². The van der Waals surface area contributed by atoms with Gasteiger partial charge in [0.15, 0.2) is 6.29 Å². The van der Waals surface area contributed by atoms with Crippen molar-refractivity contribution >= 4 is 6.29 Å². The lowest BCUT2D eigenvalue weighted by atomic mass is 9.94. The highest BCUT2D eigenvalue weighted by Crippen LogP contribution is 2.35. The fourth-order valence-electron chi connectivity index (χ4n) is 2.81. The van der Waals surface area contributed by atoms with Gasteiger partial charge in [-0.3, -0.25) is 4.79 Å². The van der Waals surface area contributed by atoms with Gasteiger partial charge in [0, 0.05) is 12.8 Å². The predicted octanol–water partition coefficient (Wildman–Crippen LogP) is 2.85. The predicted molar refractivity (Wildman–Crippen MR) is 75.5 cm³/mol. The molecule has 2 N–H and O–H groups in total. The molecule has 0 amide bonds. The standard InChI is InChI=1S/C15H14FNO.CH4O/c16-12-3-1-2-10(7-12)6-11-4-5-15-14(11)8-13(9-18)17-15;1-2/h1-3,7-9,11,17H,4-6H2;2H,1H3. The number of hydrogen-bond donors (Lipinski definition) is 2. The van der Waals surface area contributed by atoms with Crippen LogP contribution in [0, 0.1) is 5.82 Å². The Morgan fingerprint density at radius 1 is 1.40 bits per heavy atom. The summed E-state index contributed by atoms with van der Waals surface area (Å²) < 4.78 is 13.1.